The summed E-state index contributed by atoms with van der Waals surface area (Å²) in [5, 5.41) is 11.7. The number of hydrogen-bond acceptors (Lipinski definition) is 1. The number of phenolic OH excluding ortho intramolecular Hbond substituents is 1. The molecular formula is C13H11O. The number of aromatic hydroxyl groups is 1. The van der Waals surface area contributed by atoms with Crippen LogP contribution in [0.3, 0.4) is 0 Å². The highest BCUT2D eigenvalue weighted by atomic mass is 16.3. The van der Waals surface area contributed by atoms with Gasteiger partial charge in [0.1, 0.15) is 5.75 Å². The minimum atomic E-state index is 0.295. The number of fused-ring (bicyclic) bond motifs is 1. The summed E-state index contributed by atoms with van der Waals surface area (Å²) in [7, 11) is 0. The van der Waals surface area contributed by atoms with E-state index in [4.69, 9.17) is 0 Å². The van der Waals surface area contributed by atoms with Crippen molar-refractivity contribution in [1.82, 2.24) is 0 Å². The Kier molecular flexibility index (Phi) is 2.23. The van der Waals surface area contributed by atoms with Crippen molar-refractivity contribution >= 4 is 10.8 Å². The van der Waals surface area contributed by atoms with Gasteiger partial charge in [-0.3, -0.25) is 0 Å². The zero-order valence-electron chi connectivity index (χ0n) is 7.83. The van der Waals surface area contributed by atoms with E-state index in [0.29, 0.717) is 12.2 Å². The SMILES string of the molecule is C=CCc1[c]c2ccccc2cc1O. The standard InChI is InChI=1S/C13H11O/c1-2-5-12-8-10-6-3-4-7-11(10)9-13(12)14/h2-4,6-7,9,14H,1,5H2. The van der Waals surface area contributed by atoms with Crippen LogP contribution in [-0.4, -0.2) is 5.11 Å². The predicted molar refractivity (Wildman–Crippen MR) is 58.3 cm³/mol. The molecule has 0 bridgehead atoms. The van der Waals surface area contributed by atoms with Gasteiger partial charge in [-0.05, 0) is 29.3 Å². The molecule has 14 heavy (non-hydrogen) atoms. The van der Waals surface area contributed by atoms with Gasteiger partial charge in [0.15, 0.2) is 0 Å². The lowest BCUT2D eigenvalue weighted by Crippen LogP contribution is -1.83. The minimum Gasteiger partial charge on any atom is -0.508 e. The maximum atomic E-state index is 9.66. The summed E-state index contributed by atoms with van der Waals surface area (Å²) in [5.74, 6) is 0.295. The molecule has 0 heterocycles. The fourth-order valence-corrected chi connectivity index (χ4v) is 1.50. The summed E-state index contributed by atoms with van der Waals surface area (Å²) < 4.78 is 0. The lowest BCUT2D eigenvalue weighted by atomic mass is 10.0. The second-order valence-electron chi connectivity index (χ2n) is 3.21. The van der Waals surface area contributed by atoms with Gasteiger partial charge in [0, 0.05) is 5.56 Å². The van der Waals surface area contributed by atoms with Crippen LogP contribution in [0.5, 0.6) is 5.75 Å². The quantitative estimate of drug-likeness (QED) is 0.709. The summed E-state index contributed by atoms with van der Waals surface area (Å²) in [5.41, 5.74) is 0.804. The molecule has 69 valence electrons. The van der Waals surface area contributed by atoms with Gasteiger partial charge in [-0.2, -0.15) is 0 Å². The van der Waals surface area contributed by atoms with Gasteiger partial charge in [-0.25, -0.2) is 0 Å². The van der Waals surface area contributed by atoms with Crippen LogP contribution in [0.2, 0.25) is 0 Å². The van der Waals surface area contributed by atoms with E-state index in [0.717, 1.165) is 16.3 Å². The van der Waals surface area contributed by atoms with Crippen molar-refractivity contribution in [1.29, 1.82) is 0 Å². The molecule has 2 rings (SSSR count). The molecule has 1 nitrogen and oxygen atoms in total. The van der Waals surface area contributed by atoms with Crippen LogP contribution in [0.15, 0.2) is 43.0 Å². The number of allylic oxidation sites excluding steroid dienone is 1. The molecule has 0 amide bonds. The lowest BCUT2D eigenvalue weighted by molar-refractivity contribution is 0.470. The lowest BCUT2D eigenvalue weighted by Gasteiger charge is -2.03. The molecule has 0 atom stereocenters. The number of rotatable bonds is 2. The first-order valence-corrected chi connectivity index (χ1v) is 4.55. The third-order valence-corrected chi connectivity index (χ3v) is 2.20. The van der Waals surface area contributed by atoms with Crippen LogP contribution in [0.25, 0.3) is 10.8 Å². The number of benzene rings is 2. The largest absolute Gasteiger partial charge is 0.508 e. The molecule has 2 aromatic rings. The molecule has 0 unspecified atom stereocenters. The van der Waals surface area contributed by atoms with E-state index in [9.17, 15) is 5.11 Å². The van der Waals surface area contributed by atoms with Crippen LogP contribution in [0.1, 0.15) is 5.56 Å². The second kappa shape index (κ2) is 3.54. The Morgan fingerprint density at radius 3 is 2.93 bits per heavy atom. The second-order valence-corrected chi connectivity index (χ2v) is 3.21. The van der Waals surface area contributed by atoms with Crippen LogP contribution in [-0.2, 0) is 6.42 Å². The van der Waals surface area contributed by atoms with E-state index >= 15 is 0 Å². The number of hydrogen-bond donors (Lipinski definition) is 1. The van der Waals surface area contributed by atoms with Crippen molar-refractivity contribution in [3.63, 3.8) is 0 Å². The molecule has 0 spiro atoms. The Bertz CT molecular complexity index is 472. The summed E-state index contributed by atoms with van der Waals surface area (Å²) >= 11 is 0. The van der Waals surface area contributed by atoms with Crippen molar-refractivity contribution in [2.45, 2.75) is 6.42 Å². The van der Waals surface area contributed by atoms with Crippen molar-refractivity contribution in [2.24, 2.45) is 0 Å². The molecule has 0 aromatic heterocycles. The molecular weight excluding hydrogens is 172 g/mol. The van der Waals surface area contributed by atoms with Crippen LogP contribution < -0.4 is 0 Å². The smallest absolute Gasteiger partial charge is 0.120 e. The number of phenols is 1. The van der Waals surface area contributed by atoms with Crippen molar-refractivity contribution in [3.8, 4) is 5.75 Å². The first-order chi connectivity index (χ1) is 6.81. The van der Waals surface area contributed by atoms with Crippen molar-refractivity contribution in [2.75, 3.05) is 0 Å². The molecule has 0 fully saturated rings. The summed E-state index contributed by atoms with van der Waals surface area (Å²) in [6.07, 6.45) is 2.41. The van der Waals surface area contributed by atoms with Crippen LogP contribution >= 0.6 is 0 Å². The van der Waals surface area contributed by atoms with Gasteiger partial charge in [0.05, 0.1) is 0 Å². The fraction of sp³-hybridized carbons (Fsp3) is 0.0769. The molecule has 0 saturated carbocycles. The average molecular weight is 183 g/mol. The van der Waals surface area contributed by atoms with Crippen LogP contribution in [0.4, 0.5) is 0 Å². The molecule has 0 aliphatic rings. The molecule has 2 aromatic carbocycles. The summed E-state index contributed by atoms with van der Waals surface area (Å²) in [6.45, 7) is 3.65. The predicted octanol–water partition coefficient (Wildman–Crippen LogP) is 3.07. The topological polar surface area (TPSA) is 20.2 Å². The normalized spacial score (nSPS) is 10.3. The molecule has 1 radical (unpaired) electrons. The van der Waals surface area contributed by atoms with Gasteiger partial charge >= 0.3 is 0 Å². The van der Waals surface area contributed by atoms with E-state index < -0.39 is 0 Å². The van der Waals surface area contributed by atoms with Gasteiger partial charge in [0.25, 0.3) is 0 Å². The Morgan fingerprint density at radius 1 is 1.36 bits per heavy atom. The van der Waals surface area contributed by atoms with Gasteiger partial charge in [0.2, 0.25) is 0 Å². The van der Waals surface area contributed by atoms with Gasteiger partial charge in [-0.1, -0.05) is 30.3 Å². The van der Waals surface area contributed by atoms with Crippen LogP contribution in [0, 0.1) is 6.07 Å². The first-order valence-electron chi connectivity index (χ1n) is 4.55. The van der Waals surface area contributed by atoms with Crippen molar-refractivity contribution < 1.29 is 5.11 Å². The maximum Gasteiger partial charge on any atom is 0.120 e. The average Bonchev–Trinajstić information content (AvgIpc) is 2.19. The third kappa shape index (κ3) is 1.49. The Morgan fingerprint density at radius 2 is 2.14 bits per heavy atom. The molecule has 1 heteroatoms. The molecule has 0 saturated heterocycles. The Hall–Kier alpha value is -1.76. The Balaban J connectivity index is 2.64. The highest BCUT2D eigenvalue weighted by molar-refractivity contribution is 5.84. The maximum absolute atomic E-state index is 9.66. The van der Waals surface area contributed by atoms with Crippen molar-refractivity contribution in [3.05, 3.63) is 54.6 Å². The van der Waals surface area contributed by atoms with E-state index in [1.807, 2.05) is 24.3 Å². The third-order valence-electron chi connectivity index (χ3n) is 2.20. The summed E-state index contributed by atoms with van der Waals surface area (Å²) in [4.78, 5) is 0. The Labute approximate surface area is 83.3 Å². The minimum absolute atomic E-state index is 0.295. The first kappa shape index (κ1) is 8.82. The zero-order chi connectivity index (χ0) is 9.97. The molecule has 1 N–H and O–H groups in total. The highest BCUT2D eigenvalue weighted by Crippen LogP contribution is 2.24. The molecule has 0 aliphatic carbocycles. The highest BCUT2D eigenvalue weighted by Gasteiger charge is 2.01. The van der Waals surface area contributed by atoms with E-state index in [1.165, 1.54) is 0 Å². The van der Waals surface area contributed by atoms with Gasteiger partial charge < -0.3 is 5.11 Å². The summed E-state index contributed by atoms with van der Waals surface area (Å²) in [6, 6.07) is 12.8. The molecule has 0 aliphatic heterocycles. The van der Waals surface area contributed by atoms with E-state index in [-0.39, 0.29) is 0 Å². The monoisotopic (exact) mass is 183 g/mol. The van der Waals surface area contributed by atoms with Gasteiger partial charge in [-0.15, -0.1) is 6.58 Å². The zero-order valence-corrected chi connectivity index (χ0v) is 7.83. The van der Waals surface area contributed by atoms with E-state index in [2.05, 4.69) is 12.6 Å². The van der Waals surface area contributed by atoms with E-state index in [1.54, 1.807) is 12.1 Å². The fourth-order valence-electron chi connectivity index (χ4n) is 1.50.